The zero-order chi connectivity index (χ0) is 10.4. The number of furan rings is 1. The van der Waals surface area contributed by atoms with Crippen LogP contribution in [0.1, 0.15) is 5.76 Å². The molecule has 1 aromatic rings. The monoisotopic (exact) mass is 211 g/mol. The molecule has 3 heteroatoms. The van der Waals surface area contributed by atoms with E-state index in [4.69, 9.17) is 22.4 Å². The summed E-state index contributed by atoms with van der Waals surface area (Å²) >= 11 is 6.13. The first-order valence-electron chi connectivity index (χ1n) is 4.51. The molecule has 0 aliphatic carbocycles. The van der Waals surface area contributed by atoms with Crippen LogP contribution in [0.3, 0.4) is 0 Å². The zero-order valence-corrected chi connectivity index (χ0v) is 9.00. The van der Waals surface area contributed by atoms with E-state index in [-0.39, 0.29) is 5.38 Å². The van der Waals surface area contributed by atoms with Crippen LogP contribution in [0.15, 0.2) is 22.8 Å². The molecule has 1 atom stereocenters. The number of hydrogen-bond acceptors (Lipinski definition) is 2. The van der Waals surface area contributed by atoms with Gasteiger partial charge in [0.25, 0.3) is 0 Å². The average Bonchev–Trinajstić information content (AvgIpc) is 2.56. The number of alkyl halides is 1. The Bertz CT molecular complexity index is 289. The van der Waals surface area contributed by atoms with Crippen molar-refractivity contribution in [2.24, 2.45) is 0 Å². The zero-order valence-electron chi connectivity index (χ0n) is 8.24. The number of halogens is 1. The number of hydrogen-bond donors (Lipinski definition) is 0. The Morgan fingerprint density at radius 3 is 3.07 bits per heavy atom. The van der Waals surface area contributed by atoms with Crippen LogP contribution in [-0.4, -0.2) is 30.4 Å². The SMILES string of the molecule is C#CCN(C)C[C@H](Cl)Cc1ccco1. The molecule has 0 aliphatic rings. The van der Waals surface area contributed by atoms with Gasteiger partial charge in [-0.3, -0.25) is 4.90 Å². The quantitative estimate of drug-likeness (QED) is 0.547. The second kappa shape index (κ2) is 5.74. The molecule has 0 bridgehead atoms. The molecule has 2 nitrogen and oxygen atoms in total. The van der Waals surface area contributed by atoms with E-state index >= 15 is 0 Å². The molecule has 0 unspecified atom stereocenters. The van der Waals surface area contributed by atoms with Crippen LogP contribution in [0, 0.1) is 12.3 Å². The van der Waals surface area contributed by atoms with Crippen molar-refractivity contribution in [3.63, 3.8) is 0 Å². The molecule has 1 heterocycles. The fourth-order valence-electron chi connectivity index (χ4n) is 1.27. The summed E-state index contributed by atoms with van der Waals surface area (Å²) in [6.07, 6.45) is 7.58. The second-order valence-electron chi connectivity index (χ2n) is 3.28. The maximum atomic E-state index is 6.13. The molecule has 0 N–H and O–H groups in total. The van der Waals surface area contributed by atoms with Crippen molar-refractivity contribution in [1.29, 1.82) is 0 Å². The molecule has 0 aromatic carbocycles. The van der Waals surface area contributed by atoms with Gasteiger partial charge in [-0.05, 0) is 19.2 Å². The van der Waals surface area contributed by atoms with Crippen molar-refractivity contribution in [3.8, 4) is 12.3 Å². The predicted octanol–water partition coefficient (Wildman–Crippen LogP) is 1.99. The highest BCUT2D eigenvalue weighted by molar-refractivity contribution is 6.20. The molecule has 0 amide bonds. The highest BCUT2D eigenvalue weighted by Crippen LogP contribution is 2.09. The lowest BCUT2D eigenvalue weighted by molar-refractivity contribution is 0.365. The summed E-state index contributed by atoms with van der Waals surface area (Å²) in [5.41, 5.74) is 0. The third-order valence-corrected chi connectivity index (χ3v) is 2.17. The van der Waals surface area contributed by atoms with Gasteiger partial charge in [-0.15, -0.1) is 18.0 Å². The van der Waals surface area contributed by atoms with E-state index < -0.39 is 0 Å². The first-order chi connectivity index (χ1) is 6.72. The molecule has 0 spiro atoms. The fourth-order valence-corrected chi connectivity index (χ4v) is 1.66. The largest absolute Gasteiger partial charge is 0.469 e. The average molecular weight is 212 g/mol. The molecule has 76 valence electrons. The highest BCUT2D eigenvalue weighted by Gasteiger charge is 2.10. The second-order valence-corrected chi connectivity index (χ2v) is 3.90. The van der Waals surface area contributed by atoms with Crippen LogP contribution < -0.4 is 0 Å². The first kappa shape index (κ1) is 11.2. The third-order valence-electron chi connectivity index (χ3n) is 1.87. The predicted molar refractivity (Wildman–Crippen MR) is 58.4 cm³/mol. The van der Waals surface area contributed by atoms with Gasteiger partial charge in [0.05, 0.1) is 18.2 Å². The molecular weight excluding hydrogens is 198 g/mol. The first-order valence-corrected chi connectivity index (χ1v) is 4.94. The summed E-state index contributed by atoms with van der Waals surface area (Å²) < 4.78 is 5.20. The number of rotatable bonds is 5. The van der Waals surface area contributed by atoms with Crippen molar-refractivity contribution >= 4 is 11.6 Å². The minimum Gasteiger partial charge on any atom is -0.469 e. The Morgan fingerprint density at radius 2 is 2.50 bits per heavy atom. The van der Waals surface area contributed by atoms with E-state index in [2.05, 4.69) is 5.92 Å². The van der Waals surface area contributed by atoms with Gasteiger partial charge in [0.2, 0.25) is 0 Å². The van der Waals surface area contributed by atoms with Gasteiger partial charge in [0.15, 0.2) is 0 Å². The van der Waals surface area contributed by atoms with Gasteiger partial charge in [-0.25, -0.2) is 0 Å². The fraction of sp³-hybridized carbons (Fsp3) is 0.455. The van der Waals surface area contributed by atoms with Gasteiger partial charge < -0.3 is 4.42 Å². The smallest absolute Gasteiger partial charge is 0.105 e. The van der Waals surface area contributed by atoms with E-state index in [1.54, 1.807) is 6.26 Å². The van der Waals surface area contributed by atoms with Gasteiger partial charge in [-0.1, -0.05) is 5.92 Å². The molecule has 1 aromatic heterocycles. The van der Waals surface area contributed by atoms with Gasteiger partial charge in [-0.2, -0.15) is 0 Å². The molecule has 0 saturated carbocycles. The Morgan fingerprint density at radius 1 is 1.71 bits per heavy atom. The lowest BCUT2D eigenvalue weighted by Gasteiger charge is -2.16. The lowest BCUT2D eigenvalue weighted by atomic mass is 10.2. The minimum atomic E-state index is 0.0412. The number of terminal acetylenes is 1. The van der Waals surface area contributed by atoms with E-state index in [1.807, 2.05) is 24.1 Å². The summed E-state index contributed by atoms with van der Waals surface area (Å²) in [5, 5.41) is 0.0412. The molecule has 0 radical (unpaired) electrons. The minimum absolute atomic E-state index is 0.0412. The summed E-state index contributed by atoms with van der Waals surface area (Å²) in [6.45, 7) is 1.40. The molecule has 1 rings (SSSR count). The van der Waals surface area contributed by atoms with Crippen LogP contribution in [0.4, 0.5) is 0 Å². The molecule has 14 heavy (non-hydrogen) atoms. The standard InChI is InChI=1S/C11H14ClNO/c1-3-6-13(2)9-10(12)8-11-5-4-7-14-11/h1,4-5,7,10H,6,8-9H2,2H3/t10-/m1/s1. The summed E-state index contributed by atoms with van der Waals surface area (Å²) in [6, 6.07) is 3.79. The van der Waals surface area contributed by atoms with Crippen molar-refractivity contribution in [1.82, 2.24) is 4.90 Å². The normalized spacial score (nSPS) is 12.7. The molecular formula is C11H14ClNO. The summed E-state index contributed by atoms with van der Waals surface area (Å²) in [4.78, 5) is 2.01. The Balaban J connectivity index is 2.29. The summed E-state index contributed by atoms with van der Waals surface area (Å²) in [7, 11) is 1.96. The van der Waals surface area contributed by atoms with E-state index in [0.29, 0.717) is 6.54 Å². The van der Waals surface area contributed by atoms with Crippen LogP contribution in [0.5, 0.6) is 0 Å². The maximum Gasteiger partial charge on any atom is 0.105 e. The van der Waals surface area contributed by atoms with Crippen LogP contribution in [-0.2, 0) is 6.42 Å². The van der Waals surface area contributed by atoms with Crippen LogP contribution in [0.2, 0.25) is 0 Å². The van der Waals surface area contributed by atoms with E-state index in [1.165, 1.54) is 0 Å². The van der Waals surface area contributed by atoms with Crippen LogP contribution >= 0.6 is 11.6 Å². The Labute approximate surface area is 89.8 Å². The maximum absolute atomic E-state index is 6.13. The van der Waals surface area contributed by atoms with Crippen LogP contribution in [0.25, 0.3) is 0 Å². The Kier molecular flexibility index (Phi) is 4.58. The van der Waals surface area contributed by atoms with Crippen molar-refractivity contribution in [2.75, 3.05) is 20.1 Å². The topological polar surface area (TPSA) is 16.4 Å². The van der Waals surface area contributed by atoms with E-state index in [9.17, 15) is 0 Å². The van der Waals surface area contributed by atoms with Crippen molar-refractivity contribution < 1.29 is 4.42 Å². The Hall–Kier alpha value is -0.910. The highest BCUT2D eigenvalue weighted by atomic mass is 35.5. The third kappa shape index (κ3) is 3.87. The van der Waals surface area contributed by atoms with Crippen molar-refractivity contribution in [3.05, 3.63) is 24.2 Å². The van der Waals surface area contributed by atoms with Crippen molar-refractivity contribution in [2.45, 2.75) is 11.8 Å². The molecule has 0 fully saturated rings. The van der Waals surface area contributed by atoms with E-state index in [0.717, 1.165) is 18.7 Å². The molecule has 0 aliphatic heterocycles. The summed E-state index contributed by atoms with van der Waals surface area (Å²) in [5.74, 6) is 3.49. The lowest BCUT2D eigenvalue weighted by Crippen LogP contribution is -2.27. The number of nitrogens with zero attached hydrogens (tertiary/aromatic N) is 1. The van der Waals surface area contributed by atoms with Gasteiger partial charge >= 0.3 is 0 Å². The van der Waals surface area contributed by atoms with Gasteiger partial charge in [0, 0.05) is 13.0 Å². The van der Waals surface area contributed by atoms with Gasteiger partial charge in [0.1, 0.15) is 5.76 Å². The molecule has 0 saturated heterocycles.